The Balaban J connectivity index is 2.75. The fourth-order valence-electron chi connectivity index (χ4n) is 1.65. The van der Waals surface area contributed by atoms with E-state index in [1.165, 1.54) is 12.3 Å². The van der Waals surface area contributed by atoms with Crippen LogP contribution in [0.4, 0.5) is 0 Å². The molecule has 20 heavy (non-hydrogen) atoms. The van der Waals surface area contributed by atoms with Crippen molar-refractivity contribution in [1.82, 2.24) is 9.71 Å². The maximum Gasteiger partial charge on any atom is 0.307 e. The lowest BCUT2D eigenvalue weighted by atomic mass is 9.98. The zero-order valence-electron chi connectivity index (χ0n) is 11.2. The molecule has 1 atom stereocenters. The first-order chi connectivity index (χ1) is 9.22. The molecule has 1 unspecified atom stereocenters. The van der Waals surface area contributed by atoms with E-state index in [9.17, 15) is 13.2 Å². The lowest BCUT2D eigenvalue weighted by Crippen LogP contribution is -2.34. The van der Waals surface area contributed by atoms with E-state index in [1.807, 2.05) is 13.8 Å². The van der Waals surface area contributed by atoms with Gasteiger partial charge in [-0.2, -0.15) is 0 Å². The van der Waals surface area contributed by atoms with Crippen LogP contribution >= 0.6 is 15.9 Å². The van der Waals surface area contributed by atoms with E-state index in [4.69, 9.17) is 5.11 Å². The Labute approximate surface area is 126 Å². The molecule has 0 saturated carbocycles. The quantitative estimate of drug-likeness (QED) is 0.769. The number of rotatable bonds is 7. The Morgan fingerprint density at radius 2 is 2.10 bits per heavy atom. The van der Waals surface area contributed by atoms with Crippen LogP contribution in [0.5, 0.6) is 0 Å². The summed E-state index contributed by atoms with van der Waals surface area (Å²) in [7, 11) is -3.79. The second kappa shape index (κ2) is 7.14. The number of carboxylic acid groups (broad SMARTS) is 1. The van der Waals surface area contributed by atoms with Crippen LogP contribution in [0.3, 0.4) is 0 Å². The van der Waals surface area contributed by atoms with Gasteiger partial charge in [0.2, 0.25) is 0 Å². The molecule has 1 aromatic rings. The zero-order valence-corrected chi connectivity index (χ0v) is 13.6. The minimum absolute atomic E-state index is 0.130. The zero-order chi connectivity index (χ0) is 15.3. The fraction of sp³-hybridized carbons (Fsp3) is 0.500. The van der Waals surface area contributed by atoms with Crippen LogP contribution < -0.4 is 4.72 Å². The lowest BCUT2D eigenvalue weighted by molar-refractivity contribution is -0.142. The van der Waals surface area contributed by atoms with Gasteiger partial charge in [-0.1, -0.05) is 13.8 Å². The van der Waals surface area contributed by atoms with Crippen molar-refractivity contribution in [3.05, 3.63) is 22.8 Å². The van der Waals surface area contributed by atoms with Crippen molar-refractivity contribution in [3.63, 3.8) is 0 Å². The highest BCUT2D eigenvalue weighted by atomic mass is 79.9. The predicted octanol–water partition coefficient (Wildman–Crippen LogP) is 1.87. The summed E-state index contributed by atoms with van der Waals surface area (Å²) in [5, 5.41) is 8.94. The van der Waals surface area contributed by atoms with Crippen LogP contribution in [0, 0.1) is 11.8 Å². The summed E-state index contributed by atoms with van der Waals surface area (Å²) < 4.78 is 26.9. The third-order valence-electron chi connectivity index (χ3n) is 2.60. The third kappa shape index (κ3) is 5.18. The van der Waals surface area contributed by atoms with Gasteiger partial charge in [-0.25, -0.2) is 18.1 Å². The summed E-state index contributed by atoms with van der Waals surface area (Å²) >= 11 is 3.17. The van der Waals surface area contributed by atoms with Crippen molar-refractivity contribution in [3.8, 4) is 0 Å². The summed E-state index contributed by atoms with van der Waals surface area (Å²) in [6, 6.07) is 2.91. The Bertz CT molecular complexity index is 557. The van der Waals surface area contributed by atoms with Crippen molar-refractivity contribution in [1.29, 1.82) is 0 Å². The summed E-state index contributed by atoms with van der Waals surface area (Å²) in [6.45, 7) is 3.63. The number of aromatic nitrogens is 1. The minimum Gasteiger partial charge on any atom is -0.481 e. The number of pyridine rings is 1. The first-order valence-electron chi connectivity index (χ1n) is 6.06. The van der Waals surface area contributed by atoms with Gasteiger partial charge in [0.05, 0.1) is 5.92 Å². The lowest BCUT2D eigenvalue weighted by Gasteiger charge is -2.15. The number of nitrogens with zero attached hydrogens (tertiary/aromatic N) is 1. The Morgan fingerprint density at radius 3 is 2.55 bits per heavy atom. The van der Waals surface area contributed by atoms with Crippen LogP contribution in [0.1, 0.15) is 20.3 Å². The standard InChI is InChI=1S/C12H17BrN2O4S/c1-8(2)5-9(12(16)17)6-15-20(18,19)11-4-3-10(13)7-14-11/h3-4,7-9,15H,5-6H2,1-2H3,(H,16,17). The summed E-state index contributed by atoms with van der Waals surface area (Å²) in [5.41, 5.74) is 0. The first kappa shape index (κ1) is 17.1. The minimum atomic E-state index is -3.79. The Hall–Kier alpha value is -0.990. The number of halogens is 1. The van der Waals surface area contributed by atoms with Gasteiger partial charge in [0.15, 0.2) is 5.03 Å². The van der Waals surface area contributed by atoms with Gasteiger partial charge in [-0.15, -0.1) is 0 Å². The highest BCUT2D eigenvalue weighted by Crippen LogP contribution is 2.14. The van der Waals surface area contributed by atoms with Crippen LogP contribution in [0.2, 0.25) is 0 Å². The molecule has 2 N–H and O–H groups in total. The van der Waals surface area contributed by atoms with E-state index in [0.29, 0.717) is 10.9 Å². The molecule has 0 spiro atoms. The van der Waals surface area contributed by atoms with E-state index < -0.39 is 21.9 Å². The highest BCUT2D eigenvalue weighted by molar-refractivity contribution is 9.10. The maximum absolute atomic E-state index is 12.0. The molecule has 8 heteroatoms. The monoisotopic (exact) mass is 364 g/mol. The van der Waals surface area contributed by atoms with Gasteiger partial charge in [-0.05, 0) is 40.4 Å². The maximum atomic E-state index is 12.0. The third-order valence-corrected chi connectivity index (χ3v) is 4.41. The number of sulfonamides is 1. The largest absolute Gasteiger partial charge is 0.481 e. The van der Waals surface area contributed by atoms with Crippen molar-refractivity contribution >= 4 is 31.9 Å². The van der Waals surface area contributed by atoms with Gasteiger partial charge in [0.25, 0.3) is 10.0 Å². The molecular weight excluding hydrogens is 348 g/mol. The van der Waals surface area contributed by atoms with Crippen LogP contribution in [0.15, 0.2) is 27.8 Å². The molecule has 1 rings (SSSR count). The van der Waals surface area contributed by atoms with Crippen LogP contribution in [-0.2, 0) is 14.8 Å². The SMILES string of the molecule is CC(C)CC(CNS(=O)(=O)c1ccc(Br)cn1)C(=O)O. The molecule has 0 bridgehead atoms. The number of aliphatic carboxylic acids is 1. The van der Waals surface area contributed by atoms with Crippen molar-refractivity contribution in [2.75, 3.05) is 6.54 Å². The normalized spacial score (nSPS) is 13.4. The first-order valence-corrected chi connectivity index (χ1v) is 8.34. The molecule has 0 fully saturated rings. The van der Waals surface area contributed by atoms with Crippen LogP contribution in [-0.4, -0.2) is 31.0 Å². The highest BCUT2D eigenvalue weighted by Gasteiger charge is 2.23. The smallest absolute Gasteiger partial charge is 0.307 e. The molecule has 0 radical (unpaired) electrons. The summed E-state index contributed by atoms with van der Waals surface area (Å²) in [6.07, 6.45) is 1.78. The summed E-state index contributed by atoms with van der Waals surface area (Å²) in [4.78, 5) is 14.9. The number of hydrogen-bond donors (Lipinski definition) is 2. The van der Waals surface area contributed by atoms with Crippen molar-refractivity contribution < 1.29 is 18.3 Å². The number of carbonyl (C=O) groups is 1. The molecule has 0 aliphatic rings. The van der Waals surface area contributed by atoms with E-state index >= 15 is 0 Å². The van der Waals surface area contributed by atoms with Crippen molar-refractivity contribution in [2.45, 2.75) is 25.3 Å². The topological polar surface area (TPSA) is 96.4 Å². The molecule has 112 valence electrons. The van der Waals surface area contributed by atoms with Gasteiger partial charge in [0, 0.05) is 17.2 Å². The Morgan fingerprint density at radius 1 is 1.45 bits per heavy atom. The average Bonchev–Trinajstić information content (AvgIpc) is 2.34. The fourth-order valence-corrected chi connectivity index (χ4v) is 2.89. The predicted molar refractivity (Wildman–Crippen MR) is 77.7 cm³/mol. The molecule has 0 aliphatic carbocycles. The van der Waals surface area contributed by atoms with E-state index in [-0.39, 0.29) is 17.5 Å². The molecule has 0 saturated heterocycles. The molecular formula is C12H17BrN2O4S. The number of hydrogen-bond acceptors (Lipinski definition) is 4. The molecule has 0 aliphatic heterocycles. The van der Waals surface area contributed by atoms with E-state index in [2.05, 4.69) is 25.6 Å². The molecule has 0 amide bonds. The summed E-state index contributed by atoms with van der Waals surface area (Å²) in [5.74, 6) is -1.59. The Kier molecular flexibility index (Phi) is 6.09. The van der Waals surface area contributed by atoms with Gasteiger partial charge in [-0.3, -0.25) is 4.79 Å². The molecule has 0 aromatic carbocycles. The van der Waals surface area contributed by atoms with Gasteiger partial charge in [0.1, 0.15) is 0 Å². The second-order valence-electron chi connectivity index (χ2n) is 4.83. The number of carboxylic acids is 1. The number of nitrogens with one attached hydrogen (secondary N) is 1. The van der Waals surface area contributed by atoms with Gasteiger partial charge < -0.3 is 5.11 Å². The van der Waals surface area contributed by atoms with Crippen molar-refractivity contribution in [2.24, 2.45) is 11.8 Å². The van der Waals surface area contributed by atoms with Crippen LogP contribution in [0.25, 0.3) is 0 Å². The molecule has 6 nitrogen and oxygen atoms in total. The average molecular weight is 365 g/mol. The van der Waals surface area contributed by atoms with Gasteiger partial charge >= 0.3 is 5.97 Å². The second-order valence-corrected chi connectivity index (χ2v) is 7.46. The molecule has 1 heterocycles. The molecule has 1 aromatic heterocycles. The van der Waals surface area contributed by atoms with E-state index in [1.54, 1.807) is 6.07 Å². The van der Waals surface area contributed by atoms with E-state index in [0.717, 1.165) is 0 Å².